The summed E-state index contributed by atoms with van der Waals surface area (Å²) in [4.78, 5) is 30.7. The zero-order valence-electron chi connectivity index (χ0n) is 22.9. The molecule has 6 nitrogen and oxygen atoms in total. The molecule has 3 aromatic carbocycles. The second kappa shape index (κ2) is 11.8. The maximum atomic E-state index is 14.4. The molecule has 6 rings (SSSR count). The fourth-order valence-electron chi connectivity index (χ4n) is 5.25. The molecule has 0 radical (unpaired) electrons. The van der Waals surface area contributed by atoms with Crippen molar-refractivity contribution in [2.75, 3.05) is 6.61 Å². The van der Waals surface area contributed by atoms with Crippen molar-refractivity contribution in [3.63, 3.8) is 0 Å². The Labute approximate surface area is 262 Å². The number of allylic oxidation sites excluding steroid dienone is 1. The smallest absolute Gasteiger partial charge is 0.434 e. The Morgan fingerprint density at radius 2 is 1.68 bits per heavy atom. The molecule has 5 aromatic rings. The van der Waals surface area contributed by atoms with Crippen molar-refractivity contribution in [2.45, 2.75) is 25.7 Å². The Bertz CT molecular complexity index is 2110. The number of nitrogens with zero attached hydrogens (tertiary/aromatic N) is 3. The van der Waals surface area contributed by atoms with Gasteiger partial charge in [0.1, 0.15) is 0 Å². The fourth-order valence-corrected chi connectivity index (χ4v) is 6.49. The van der Waals surface area contributed by atoms with Crippen molar-refractivity contribution in [3.8, 4) is 0 Å². The molecule has 1 aliphatic rings. The fraction of sp³-hybridized carbons (Fsp3) is 0.156. The van der Waals surface area contributed by atoms with Crippen molar-refractivity contribution >= 4 is 57.5 Å². The van der Waals surface area contributed by atoms with Crippen LogP contribution in [0.2, 0.25) is 10.0 Å². The van der Waals surface area contributed by atoms with Gasteiger partial charge in [0.25, 0.3) is 5.56 Å². The van der Waals surface area contributed by atoms with Gasteiger partial charge in [-0.2, -0.15) is 13.2 Å². The Kier molecular flexibility index (Phi) is 8.00. The summed E-state index contributed by atoms with van der Waals surface area (Å²) in [6.07, 6.45) is -1.46. The topological polar surface area (TPSA) is 65.6 Å². The first-order valence-corrected chi connectivity index (χ1v) is 15.0. The summed E-state index contributed by atoms with van der Waals surface area (Å²) in [6, 6.07) is 19.6. The predicted molar refractivity (Wildman–Crippen MR) is 165 cm³/mol. The highest BCUT2D eigenvalue weighted by Crippen LogP contribution is 2.38. The Morgan fingerprint density at radius 3 is 2.34 bits per heavy atom. The van der Waals surface area contributed by atoms with Crippen molar-refractivity contribution in [3.05, 3.63) is 137 Å². The molecule has 0 aliphatic carbocycles. The van der Waals surface area contributed by atoms with Crippen LogP contribution in [0.15, 0.2) is 100 Å². The van der Waals surface area contributed by atoms with E-state index in [4.69, 9.17) is 27.9 Å². The second-order valence-corrected chi connectivity index (χ2v) is 11.9. The second-order valence-electron chi connectivity index (χ2n) is 9.97. The average Bonchev–Trinajstić information content (AvgIpc) is 3.50. The number of alkyl halides is 3. The zero-order chi connectivity index (χ0) is 31.2. The number of para-hydroxylation sites is 1. The maximum absolute atomic E-state index is 14.4. The number of halogens is 5. The summed E-state index contributed by atoms with van der Waals surface area (Å²) >= 11 is 12.9. The summed E-state index contributed by atoms with van der Waals surface area (Å²) in [5.41, 5.74) is 0.110. The number of rotatable bonds is 6. The van der Waals surface area contributed by atoms with Crippen LogP contribution in [-0.4, -0.2) is 27.9 Å². The van der Waals surface area contributed by atoms with Crippen LogP contribution in [0.5, 0.6) is 0 Å². The van der Waals surface area contributed by atoms with Gasteiger partial charge in [-0.25, -0.2) is 9.79 Å². The minimum absolute atomic E-state index is 0.156. The number of ether oxygens (including phenoxy) is 1. The summed E-state index contributed by atoms with van der Waals surface area (Å²) in [5, 5.41) is 1.82. The highest BCUT2D eigenvalue weighted by Gasteiger charge is 2.45. The molecule has 0 N–H and O–H groups in total. The van der Waals surface area contributed by atoms with Crippen LogP contribution in [-0.2, 0) is 16.1 Å². The minimum atomic E-state index is -4.99. The van der Waals surface area contributed by atoms with E-state index in [1.54, 1.807) is 18.2 Å². The van der Waals surface area contributed by atoms with Crippen LogP contribution < -0.4 is 14.9 Å². The third kappa shape index (κ3) is 5.60. The molecule has 2 aromatic heterocycles. The molecule has 224 valence electrons. The van der Waals surface area contributed by atoms with Gasteiger partial charge in [-0.3, -0.25) is 9.36 Å². The lowest BCUT2D eigenvalue weighted by atomic mass is 9.95. The molecule has 3 heterocycles. The molecular weight excluding hydrogens is 634 g/mol. The van der Waals surface area contributed by atoms with Gasteiger partial charge in [0, 0.05) is 39.3 Å². The van der Waals surface area contributed by atoms with Gasteiger partial charge in [0.05, 0.1) is 22.8 Å². The van der Waals surface area contributed by atoms with E-state index in [2.05, 4.69) is 4.99 Å². The summed E-state index contributed by atoms with van der Waals surface area (Å²) in [7, 11) is 0. The molecule has 0 amide bonds. The largest absolute Gasteiger partial charge is 0.463 e. The predicted octanol–water partition coefficient (Wildman–Crippen LogP) is 6.65. The summed E-state index contributed by atoms with van der Waals surface area (Å²) < 4.78 is 51.5. The standard InChI is InChI=1S/C32H22Cl2F3N3O3S/c1-2-43-30(42)26-27(19-9-13-22(34)14-10-19)40-29(41)25(44-31(40)38-28(26)32(35,36)37)15-20-17-39(24-6-4-3-5-23(20)24)16-18-7-11-21(33)12-8-18/h3-15,17,27H,2,16H2,1H3/b25-15-/t27-/m0/s1. The van der Waals surface area contributed by atoms with Gasteiger partial charge in [-0.05, 0) is 54.5 Å². The van der Waals surface area contributed by atoms with Gasteiger partial charge >= 0.3 is 12.1 Å². The van der Waals surface area contributed by atoms with Crippen molar-refractivity contribution in [1.29, 1.82) is 0 Å². The number of fused-ring (bicyclic) bond motifs is 2. The number of benzene rings is 3. The van der Waals surface area contributed by atoms with E-state index < -0.39 is 35.0 Å². The van der Waals surface area contributed by atoms with Crippen LogP contribution in [0, 0.1) is 0 Å². The van der Waals surface area contributed by atoms with E-state index in [1.807, 2.05) is 47.2 Å². The Morgan fingerprint density at radius 1 is 1.02 bits per heavy atom. The lowest BCUT2D eigenvalue weighted by Crippen LogP contribution is -2.41. The van der Waals surface area contributed by atoms with Crippen LogP contribution in [0.3, 0.4) is 0 Å². The quantitative estimate of drug-likeness (QED) is 0.192. The number of carbonyl (C=O) groups is 1. The Balaban J connectivity index is 1.56. The van der Waals surface area contributed by atoms with E-state index in [0.29, 0.717) is 22.2 Å². The lowest BCUT2D eigenvalue weighted by Gasteiger charge is -2.26. The molecule has 12 heteroatoms. The summed E-state index contributed by atoms with van der Waals surface area (Å²) in [6.45, 7) is 1.86. The maximum Gasteiger partial charge on any atom is 0.434 e. The van der Waals surface area contributed by atoms with Crippen LogP contribution in [0.4, 0.5) is 13.2 Å². The van der Waals surface area contributed by atoms with Crippen molar-refractivity contribution < 1.29 is 22.7 Å². The normalized spacial score (nSPS) is 15.4. The number of hydrogen-bond donors (Lipinski definition) is 0. The first-order valence-electron chi connectivity index (χ1n) is 13.4. The highest BCUT2D eigenvalue weighted by molar-refractivity contribution is 7.07. The monoisotopic (exact) mass is 655 g/mol. The van der Waals surface area contributed by atoms with Crippen LogP contribution in [0.25, 0.3) is 17.0 Å². The summed E-state index contributed by atoms with van der Waals surface area (Å²) in [5.74, 6) is -1.21. The number of hydrogen-bond acceptors (Lipinski definition) is 5. The van der Waals surface area contributed by atoms with E-state index in [-0.39, 0.29) is 21.5 Å². The first-order chi connectivity index (χ1) is 21.0. The van der Waals surface area contributed by atoms with Crippen molar-refractivity contribution in [1.82, 2.24) is 9.13 Å². The number of aromatic nitrogens is 2. The minimum Gasteiger partial charge on any atom is -0.463 e. The molecule has 1 aliphatic heterocycles. The molecule has 0 saturated carbocycles. The molecule has 1 atom stereocenters. The SMILES string of the molecule is CCOC(=O)C1=C(C(F)(F)F)N=c2s/c(=C\c3cn(Cc4ccc(Cl)cc4)c4ccccc34)c(=O)n2[C@H]1c1ccc(Cl)cc1. The number of carbonyl (C=O) groups excluding carboxylic acids is 1. The Hall–Kier alpha value is -4.12. The molecule has 0 fully saturated rings. The van der Waals surface area contributed by atoms with Crippen LogP contribution >= 0.6 is 34.5 Å². The van der Waals surface area contributed by atoms with E-state index in [9.17, 15) is 22.8 Å². The van der Waals surface area contributed by atoms with Gasteiger partial charge in [-0.1, -0.05) is 77.0 Å². The van der Waals surface area contributed by atoms with E-state index in [1.165, 1.54) is 31.2 Å². The molecule has 0 spiro atoms. The van der Waals surface area contributed by atoms with Crippen LogP contribution in [0.1, 0.15) is 29.7 Å². The number of esters is 1. The molecule has 0 bridgehead atoms. The number of thiazole rings is 1. The van der Waals surface area contributed by atoms with E-state index >= 15 is 0 Å². The highest BCUT2D eigenvalue weighted by atomic mass is 35.5. The first kappa shape index (κ1) is 29.9. The van der Waals surface area contributed by atoms with Gasteiger partial charge < -0.3 is 9.30 Å². The lowest BCUT2D eigenvalue weighted by molar-refractivity contribution is -0.140. The molecule has 0 unspecified atom stereocenters. The van der Waals surface area contributed by atoms with Gasteiger partial charge in [0.2, 0.25) is 0 Å². The zero-order valence-corrected chi connectivity index (χ0v) is 25.3. The van der Waals surface area contributed by atoms with E-state index in [0.717, 1.165) is 32.4 Å². The third-order valence-electron chi connectivity index (χ3n) is 7.15. The molecular formula is C32H22Cl2F3N3O3S. The average molecular weight is 657 g/mol. The van der Waals surface area contributed by atoms with Gasteiger partial charge in [0.15, 0.2) is 10.5 Å². The van der Waals surface area contributed by atoms with Gasteiger partial charge in [-0.15, -0.1) is 0 Å². The molecule has 0 saturated heterocycles. The van der Waals surface area contributed by atoms with Crippen molar-refractivity contribution in [2.24, 2.45) is 4.99 Å². The molecule has 44 heavy (non-hydrogen) atoms. The third-order valence-corrected chi connectivity index (χ3v) is 8.64.